The Labute approximate surface area is 139 Å². The van der Waals surface area contributed by atoms with Crippen molar-refractivity contribution in [2.45, 2.75) is 50.6 Å². The smallest absolute Gasteiger partial charge is 0.119 e. The van der Waals surface area contributed by atoms with Crippen LogP contribution in [-0.2, 0) is 0 Å². The molecule has 0 saturated heterocycles. The molecule has 3 atom stereocenters. The Morgan fingerprint density at radius 2 is 1.78 bits per heavy atom. The minimum absolute atomic E-state index is 0.333. The van der Waals surface area contributed by atoms with Crippen molar-refractivity contribution in [2.75, 3.05) is 7.11 Å². The van der Waals surface area contributed by atoms with Gasteiger partial charge in [-0.15, -0.1) is 0 Å². The molecule has 0 radical (unpaired) electrons. The highest BCUT2D eigenvalue weighted by Gasteiger charge is 2.27. The molecule has 0 heterocycles. The Morgan fingerprint density at radius 3 is 2.57 bits per heavy atom. The zero-order valence-corrected chi connectivity index (χ0v) is 14.2. The molecule has 2 aromatic rings. The number of hydrogen-bond donors (Lipinski definition) is 1. The molecule has 1 aliphatic carbocycles. The lowest BCUT2D eigenvalue weighted by atomic mass is 9.79. The zero-order valence-electron chi connectivity index (χ0n) is 14.2. The number of methoxy groups -OCH3 is 1. The molecule has 1 aliphatic rings. The van der Waals surface area contributed by atoms with Crippen molar-refractivity contribution in [1.82, 2.24) is 5.32 Å². The van der Waals surface area contributed by atoms with Crippen LogP contribution in [0.15, 0.2) is 54.6 Å². The van der Waals surface area contributed by atoms with Crippen LogP contribution >= 0.6 is 0 Å². The van der Waals surface area contributed by atoms with E-state index in [1.807, 2.05) is 6.07 Å². The van der Waals surface area contributed by atoms with E-state index < -0.39 is 0 Å². The second-order valence-corrected chi connectivity index (χ2v) is 6.57. The normalized spacial score (nSPS) is 22.5. The lowest BCUT2D eigenvalue weighted by Crippen LogP contribution is -2.38. The first-order valence-electron chi connectivity index (χ1n) is 8.73. The first kappa shape index (κ1) is 16.1. The Balaban J connectivity index is 1.73. The van der Waals surface area contributed by atoms with Gasteiger partial charge in [0.25, 0.3) is 0 Å². The lowest BCUT2D eigenvalue weighted by molar-refractivity contribution is 0.305. The second kappa shape index (κ2) is 7.65. The van der Waals surface area contributed by atoms with Crippen molar-refractivity contribution in [1.29, 1.82) is 0 Å². The van der Waals surface area contributed by atoms with Gasteiger partial charge in [0, 0.05) is 12.1 Å². The van der Waals surface area contributed by atoms with Crippen molar-refractivity contribution in [3.63, 3.8) is 0 Å². The summed E-state index contributed by atoms with van der Waals surface area (Å²) in [6.45, 7) is 2.26. The van der Waals surface area contributed by atoms with E-state index in [1.165, 1.54) is 36.8 Å². The largest absolute Gasteiger partial charge is 0.497 e. The third kappa shape index (κ3) is 3.94. The van der Waals surface area contributed by atoms with Gasteiger partial charge in [0.1, 0.15) is 5.75 Å². The molecule has 0 amide bonds. The number of ether oxygens (including phenoxy) is 1. The average Bonchev–Trinajstić information content (AvgIpc) is 2.63. The van der Waals surface area contributed by atoms with Crippen molar-refractivity contribution in [3.8, 4) is 5.75 Å². The van der Waals surface area contributed by atoms with Gasteiger partial charge in [0.2, 0.25) is 0 Å². The summed E-state index contributed by atoms with van der Waals surface area (Å²) in [5.41, 5.74) is 2.77. The van der Waals surface area contributed by atoms with Crippen LogP contribution in [0, 0.1) is 0 Å². The molecule has 3 rings (SSSR count). The summed E-state index contributed by atoms with van der Waals surface area (Å²) in [4.78, 5) is 0. The van der Waals surface area contributed by atoms with Gasteiger partial charge in [-0.1, -0.05) is 55.3 Å². The SMILES string of the molecule is COc1cccc(C(C)NC2CCCCC2c2ccccc2)c1. The maximum Gasteiger partial charge on any atom is 0.119 e. The molecule has 1 N–H and O–H groups in total. The Kier molecular flexibility index (Phi) is 5.35. The van der Waals surface area contributed by atoms with Crippen LogP contribution in [-0.4, -0.2) is 13.2 Å². The van der Waals surface area contributed by atoms with E-state index in [9.17, 15) is 0 Å². The fraction of sp³-hybridized carbons (Fsp3) is 0.429. The second-order valence-electron chi connectivity index (χ2n) is 6.57. The van der Waals surface area contributed by atoms with E-state index in [1.54, 1.807) is 7.11 Å². The van der Waals surface area contributed by atoms with Crippen LogP contribution in [0.4, 0.5) is 0 Å². The van der Waals surface area contributed by atoms with E-state index in [4.69, 9.17) is 4.74 Å². The van der Waals surface area contributed by atoms with E-state index in [0.717, 1.165) is 5.75 Å². The molecular weight excluding hydrogens is 282 g/mol. The fourth-order valence-corrected chi connectivity index (χ4v) is 3.76. The lowest BCUT2D eigenvalue weighted by Gasteiger charge is -2.35. The van der Waals surface area contributed by atoms with Crippen LogP contribution in [0.2, 0.25) is 0 Å². The van der Waals surface area contributed by atoms with E-state index in [-0.39, 0.29) is 0 Å². The number of benzene rings is 2. The van der Waals surface area contributed by atoms with Gasteiger partial charge in [-0.05, 0) is 48.9 Å². The molecule has 0 aliphatic heterocycles. The van der Waals surface area contributed by atoms with E-state index in [0.29, 0.717) is 18.0 Å². The molecule has 1 saturated carbocycles. The van der Waals surface area contributed by atoms with Gasteiger partial charge < -0.3 is 10.1 Å². The molecule has 3 unspecified atom stereocenters. The van der Waals surface area contributed by atoms with Gasteiger partial charge in [0.05, 0.1) is 7.11 Å². The van der Waals surface area contributed by atoms with Gasteiger partial charge in [-0.25, -0.2) is 0 Å². The van der Waals surface area contributed by atoms with E-state index in [2.05, 4.69) is 60.8 Å². The molecule has 122 valence electrons. The van der Waals surface area contributed by atoms with Gasteiger partial charge in [-0.2, -0.15) is 0 Å². The minimum Gasteiger partial charge on any atom is -0.497 e. The molecule has 0 bridgehead atoms. The first-order chi connectivity index (χ1) is 11.3. The highest BCUT2D eigenvalue weighted by atomic mass is 16.5. The van der Waals surface area contributed by atoms with Gasteiger partial charge >= 0.3 is 0 Å². The van der Waals surface area contributed by atoms with Gasteiger partial charge in [0.15, 0.2) is 0 Å². The molecular formula is C21H27NO. The first-order valence-corrected chi connectivity index (χ1v) is 8.73. The van der Waals surface area contributed by atoms with Gasteiger partial charge in [-0.3, -0.25) is 0 Å². The molecule has 2 nitrogen and oxygen atoms in total. The topological polar surface area (TPSA) is 21.3 Å². The summed E-state index contributed by atoms with van der Waals surface area (Å²) in [5, 5.41) is 3.88. The minimum atomic E-state index is 0.333. The maximum atomic E-state index is 5.36. The predicted molar refractivity (Wildman–Crippen MR) is 96.0 cm³/mol. The molecule has 2 aromatic carbocycles. The van der Waals surface area contributed by atoms with Crippen LogP contribution < -0.4 is 10.1 Å². The quantitative estimate of drug-likeness (QED) is 0.832. The fourth-order valence-electron chi connectivity index (χ4n) is 3.76. The monoisotopic (exact) mass is 309 g/mol. The van der Waals surface area contributed by atoms with Crippen LogP contribution in [0.3, 0.4) is 0 Å². The predicted octanol–water partition coefficient (Wildman–Crippen LogP) is 5.07. The zero-order chi connectivity index (χ0) is 16.1. The molecule has 1 fully saturated rings. The molecule has 2 heteroatoms. The summed E-state index contributed by atoms with van der Waals surface area (Å²) in [5.74, 6) is 1.55. The van der Waals surface area contributed by atoms with Crippen LogP contribution in [0.1, 0.15) is 55.7 Å². The average molecular weight is 309 g/mol. The highest BCUT2D eigenvalue weighted by Crippen LogP contribution is 2.34. The van der Waals surface area contributed by atoms with Crippen molar-refractivity contribution in [3.05, 3.63) is 65.7 Å². The summed E-state index contributed by atoms with van der Waals surface area (Å²) in [6, 6.07) is 20.3. The maximum absolute atomic E-state index is 5.36. The Bertz CT molecular complexity index is 610. The standard InChI is InChI=1S/C21H27NO/c1-16(18-11-8-12-19(15-18)23-2)22-21-14-7-6-13-20(21)17-9-4-3-5-10-17/h3-5,8-12,15-16,20-22H,6-7,13-14H2,1-2H3. The molecule has 0 aromatic heterocycles. The summed E-state index contributed by atoms with van der Waals surface area (Å²) in [6.07, 6.45) is 5.21. The number of nitrogens with one attached hydrogen (secondary N) is 1. The van der Waals surface area contributed by atoms with Crippen molar-refractivity contribution >= 4 is 0 Å². The third-order valence-corrected chi connectivity index (χ3v) is 5.05. The Hall–Kier alpha value is -1.80. The Morgan fingerprint density at radius 1 is 1.00 bits per heavy atom. The number of rotatable bonds is 5. The van der Waals surface area contributed by atoms with Crippen LogP contribution in [0.5, 0.6) is 5.75 Å². The third-order valence-electron chi connectivity index (χ3n) is 5.05. The summed E-state index contributed by atoms with van der Waals surface area (Å²) >= 11 is 0. The molecule has 0 spiro atoms. The number of hydrogen-bond acceptors (Lipinski definition) is 2. The highest BCUT2D eigenvalue weighted by molar-refractivity contribution is 5.30. The van der Waals surface area contributed by atoms with Crippen LogP contribution in [0.25, 0.3) is 0 Å². The van der Waals surface area contributed by atoms with Crippen molar-refractivity contribution in [2.24, 2.45) is 0 Å². The molecule has 23 heavy (non-hydrogen) atoms. The summed E-state index contributed by atoms with van der Waals surface area (Å²) in [7, 11) is 1.73. The van der Waals surface area contributed by atoms with E-state index >= 15 is 0 Å². The van der Waals surface area contributed by atoms with Crippen molar-refractivity contribution < 1.29 is 4.74 Å². The summed E-state index contributed by atoms with van der Waals surface area (Å²) < 4.78 is 5.36.